The van der Waals surface area contributed by atoms with E-state index in [0.29, 0.717) is 18.6 Å². The van der Waals surface area contributed by atoms with E-state index in [1.165, 1.54) is 11.1 Å². The number of hydrogen-bond donors (Lipinski definition) is 0. The number of ketones is 1. The fourth-order valence-electron chi connectivity index (χ4n) is 2.26. The van der Waals surface area contributed by atoms with Crippen LogP contribution >= 0.6 is 0 Å². The number of carbonyl (C=O) groups excluding carboxylic acids is 1. The van der Waals surface area contributed by atoms with E-state index in [1.54, 1.807) is 0 Å². The Labute approximate surface area is 76.5 Å². The summed E-state index contributed by atoms with van der Waals surface area (Å²) >= 11 is 0. The molecule has 2 unspecified atom stereocenters. The van der Waals surface area contributed by atoms with Gasteiger partial charge < -0.3 is 4.74 Å². The molecular weight excluding hydrogens is 164 g/mol. The summed E-state index contributed by atoms with van der Waals surface area (Å²) in [4.78, 5) is 11.3. The van der Waals surface area contributed by atoms with Gasteiger partial charge in [0.1, 0.15) is 5.78 Å². The fraction of sp³-hybridized carbons (Fsp3) is 0.364. The molecule has 2 aliphatic rings. The summed E-state index contributed by atoms with van der Waals surface area (Å²) in [5, 5.41) is 0. The zero-order chi connectivity index (χ0) is 8.84. The summed E-state index contributed by atoms with van der Waals surface area (Å²) in [5.41, 5.74) is 2.44. The molecule has 2 heteroatoms. The molecule has 2 nitrogen and oxygen atoms in total. The highest BCUT2D eigenvalue weighted by atomic mass is 16.5. The Bertz CT molecular complexity index is 337. The van der Waals surface area contributed by atoms with Crippen LogP contribution in [0.2, 0.25) is 0 Å². The predicted molar refractivity (Wildman–Crippen MR) is 47.3 cm³/mol. The number of ether oxygens (including phenoxy) is 1. The van der Waals surface area contributed by atoms with Crippen molar-refractivity contribution in [1.29, 1.82) is 0 Å². The highest BCUT2D eigenvalue weighted by Gasteiger charge is 2.38. The van der Waals surface area contributed by atoms with Crippen LogP contribution in [0.5, 0.6) is 0 Å². The third-order valence-corrected chi connectivity index (χ3v) is 2.84. The van der Waals surface area contributed by atoms with E-state index in [4.69, 9.17) is 4.74 Å². The quantitative estimate of drug-likeness (QED) is 0.602. The van der Waals surface area contributed by atoms with E-state index >= 15 is 0 Å². The van der Waals surface area contributed by atoms with Gasteiger partial charge in [0.25, 0.3) is 0 Å². The smallest absolute Gasteiger partial charge is 0.138 e. The molecule has 2 bridgehead atoms. The maximum absolute atomic E-state index is 11.3. The molecule has 13 heavy (non-hydrogen) atoms. The van der Waals surface area contributed by atoms with Crippen molar-refractivity contribution in [3.63, 3.8) is 0 Å². The summed E-state index contributed by atoms with van der Waals surface area (Å²) < 4.78 is 5.72. The van der Waals surface area contributed by atoms with E-state index in [9.17, 15) is 4.79 Å². The molecule has 1 aromatic rings. The topological polar surface area (TPSA) is 26.3 Å². The molecule has 2 heterocycles. The average molecular weight is 174 g/mol. The predicted octanol–water partition coefficient (Wildman–Crippen LogP) is 2.16. The van der Waals surface area contributed by atoms with Crippen LogP contribution < -0.4 is 0 Å². The van der Waals surface area contributed by atoms with Gasteiger partial charge >= 0.3 is 0 Å². The number of hydrogen-bond acceptors (Lipinski definition) is 2. The van der Waals surface area contributed by atoms with Gasteiger partial charge in [-0.1, -0.05) is 24.3 Å². The van der Waals surface area contributed by atoms with Gasteiger partial charge in [0.15, 0.2) is 0 Å². The van der Waals surface area contributed by atoms with Gasteiger partial charge in [-0.05, 0) is 11.1 Å². The van der Waals surface area contributed by atoms with Crippen molar-refractivity contribution in [1.82, 2.24) is 0 Å². The summed E-state index contributed by atoms with van der Waals surface area (Å²) in [6.07, 6.45) is 1.21. The van der Waals surface area contributed by atoms with Gasteiger partial charge in [0.05, 0.1) is 12.2 Å². The minimum atomic E-state index is 0.0439. The van der Waals surface area contributed by atoms with Gasteiger partial charge in [-0.25, -0.2) is 0 Å². The van der Waals surface area contributed by atoms with Gasteiger partial charge in [-0.15, -0.1) is 0 Å². The first-order valence-corrected chi connectivity index (χ1v) is 4.60. The van der Waals surface area contributed by atoms with Gasteiger partial charge in [-0.2, -0.15) is 0 Å². The summed E-state index contributed by atoms with van der Waals surface area (Å²) in [5.74, 6) is 0.331. The highest BCUT2D eigenvalue weighted by molar-refractivity contribution is 5.81. The first kappa shape index (κ1) is 7.27. The molecule has 0 amide bonds. The Morgan fingerprint density at radius 1 is 1.08 bits per heavy atom. The third-order valence-electron chi connectivity index (χ3n) is 2.84. The molecule has 1 saturated heterocycles. The number of rotatable bonds is 0. The summed E-state index contributed by atoms with van der Waals surface area (Å²) in [6.45, 7) is 0. The Kier molecular flexibility index (Phi) is 1.35. The molecule has 0 N–H and O–H groups in total. The molecule has 2 atom stereocenters. The van der Waals surface area contributed by atoms with Crippen LogP contribution in [0.4, 0.5) is 0 Å². The second kappa shape index (κ2) is 2.42. The monoisotopic (exact) mass is 174 g/mol. The second-order valence-electron chi connectivity index (χ2n) is 3.69. The van der Waals surface area contributed by atoms with Crippen molar-refractivity contribution in [2.75, 3.05) is 0 Å². The van der Waals surface area contributed by atoms with E-state index < -0.39 is 0 Å². The molecule has 0 aromatic heterocycles. The maximum atomic E-state index is 11.3. The van der Waals surface area contributed by atoms with Crippen LogP contribution in [0, 0.1) is 0 Å². The van der Waals surface area contributed by atoms with Crippen molar-refractivity contribution in [2.24, 2.45) is 0 Å². The first-order valence-electron chi connectivity index (χ1n) is 4.60. The SMILES string of the molecule is O=C1CC2OC(C1)c1ccccc12. The lowest BCUT2D eigenvalue weighted by atomic mass is 10.0. The fourth-order valence-corrected chi connectivity index (χ4v) is 2.26. The molecule has 0 saturated carbocycles. The highest BCUT2D eigenvalue weighted by Crippen LogP contribution is 2.46. The van der Waals surface area contributed by atoms with E-state index in [1.807, 2.05) is 12.1 Å². The number of Topliss-reactive ketones (excluding diaryl/α,β-unsaturated/α-hetero) is 1. The average Bonchev–Trinajstić information content (AvgIpc) is 2.41. The molecule has 1 aromatic carbocycles. The van der Waals surface area contributed by atoms with Crippen molar-refractivity contribution >= 4 is 5.78 Å². The van der Waals surface area contributed by atoms with Gasteiger partial charge in [0, 0.05) is 12.8 Å². The Morgan fingerprint density at radius 3 is 2.15 bits per heavy atom. The van der Waals surface area contributed by atoms with Crippen LogP contribution in [0.1, 0.15) is 36.2 Å². The molecule has 0 radical (unpaired) electrons. The van der Waals surface area contributed by atoms with Crippen LogP contribution in [0.15, 0.2) is 24.3 Å². The number of fused-ring (bicyclic) bond motifs is 5. The number of carbonyl (C=O) groups is 1. The summed E-state index contributed by atoms with van der Waals surface area (Å²) in [6, 6.07) is 8.15. The van der Waals surface area contributed by atoms with Crippen LogP contribution in [-0.2, 0) is 9.53 Å². The maximum Gasteiger partial charge on any atom is 0.138 e. The molecule has 3 rings (SSSR count). The van der Waals surface area contributed by atoms with E-state index in [-0.39, 0.29) is 12.2 Å². The minimum absolute atomic E-state index is 0.0439. The van der Waals surface area contributed by atoms with Gasteiger partial charge in [0.2, 0.25) is 0 Å². The minimum Gasteiger partial charge on any atom is -0.365 e. The van der Waals surface area contributed by atoms with Crippen molar-refractivity contribution < 1.29 is 9.53 Å². The van der Waals surface area contributed by atoms with Crippen molar-refractivity contribution in [2.45, 2.75) is 25.0 Å². The molecule has 1 fully saturated rings. The van der Waals surface area contributed by atoms with Crippen molar-refractivity contribution in [3.05, 3.63) is 35.4 Å². The van der Waals surface area contributed by atoms with Crippen LogP contribution in [-0.4, -0.2) is 5.78 Å². The second-order valence-corrected chi connectivity index (χ2v) is 3.69. The third kappa shape index (κ3) is 0.954. The molecular formula is C11H10O2. The molecule has 0 aliphatic carbocycles. The summed E-state index contributed by atoms with van der Waals surface area (Å²) in [7, 11) is 0. The normalized spacial score (nSPS) is 30.3. The van der Waals surface area contributed by atoms with Gasteiger partial charge in [-0.3, -0.25) is 4.79 Å². The molecule has 66 valence electrons. The Balaban J connectivity index is 2.14. The standard InChI is InChI=1S/C11H10O2/c12-7-5-10-8-3-1-2-4-9(8)11(6-7)13-10/h1-4,10-11H,5-6H2. The molecule has 2 aliphatic heterocycles. The number of benzene rings is 1. The first-order chi connectivity index (χ1) is 6.34. The zero-order valence-corrected chi connectivity index (χ0v) is 7.19. The van der Waals surface area contributed by atoms with E-state index in [2.05, 4.69) is 12.1 Å². The van der Waals surface area contributed by atoms with E-state index in [0.717, 1.165) is 0 Å². The Hall–Kier alpha value is -1.15. The lowest BCUT2D eigenvalue weighted by Gasteiger charge is -2.18. The van der Waals surface area contributed by atoms with Crippen LogP contribution in [0.25, 0.3) is 0 Å². The van der Waals surface area contributed by atoms with Crippen molar-refractivity contribution in [3.8, 4) is 0 Å². The lowest BCUT2D eigenvalue weighted by Crippen LogP contribution is -2.15. The molecule has 0 spiro atoms. The zero-order valence-electron chi connectivity index (χ0n) is 7.19. The Morgan fingerprint density at radius 2 is 1.62 bits per heavy atom. The van der Waals surface area contributed by atoms with Crippen LogP contribution in [0.3, 0.4) is 0 Å². The largest absolute Gasteiger partial charge is 0.365 e. The lowest BCUT2D eigenvalue weighted by molar-refractivity contribution is -0.133.